The number of rotatable bonds is 3. The Balaban J connectivity index is 1.78. The molecule has 1 heterocycles. The van der Waals surface area contributed by atoms with E-state index >= 15 is 0 Å². The number of β-lactam (4-membered cyclic amide) rings is 1. The minimum atomic E-state index is -0.132. The molecule has 2 unspecified atom stereocenters. The van der Waals surface area contributed by atoms with Gasteiger partial charge in [0.2, 0.25) is 5.91 Å². The molecule has 2 atom stereocenters. The number of carbonyl (C=O) groups is 1. The van der Waals surface area contributed by atoms with Gasteiger partial charge in [-0.15, -0.1) is 0 Å². The number of hydrogen-bond donors (Lipinski definition) is 0. The van der Waals surface area contributed by atoms with Crippen molar-refractivity contribution in [3.05, 3.63) is 101 Å². The van der Waals surface area contributed by atoms with E-state index in [-0.39, 0.29) is 17.9 Å². The molecule has 1 amide bonds. The Bertz CT molecular complexity index is 797. The van der Waals surface area contributed by atoms with Crippen LogP contribution in [0.1, 0.15) is 23.1 Å². The molecule has 1 aliphatic rings. The molecule has 4 rings (SSSR count). The summed E-state index contributed by atoms with van der Waals surface area (Å²) in [6.45, 7) is 0. The smallest absolute Gasteiger partial charge is 0.237 e. The highest BCUT2D eigenvalue weighted by Gasteiger charge is 2.49. The number of benzene rings is 3. The minimum Gasteiger partial charge on any atom is -0.303 e. The van der Waals surface area contributed by atoms with Crippen molar-refractivity contribution in [2.75, 3.05) is 4.90 Å². The maximum atomic E-state index is 12.9. The molecule has 0 spiro atoms. The second-order valence-corrected chi connectivity index (χ2v) is 6.84. The maximum Gasteiger partial charge on any atom is 0.237 e. The first-order valence-corrected chi connectivity index (χ1v) is 8.73. The Hall–Kier alpha value is -2.39. The van der Waals surface area contributed by atoms with Gasteiger partial charge in [-0.25, -0.2) is 0 Å². The van der Waals surface area contributed by atoms with E-state index in [1.54, 1.807) is 0 Å². The van der Waals surface area contributed by atoms with Crippen molar-refractivity contribution in [3.8, 4) is 0 Å². The van der Waals surface area contributed by atoms with E-state index in [1.807, 2.05) is 77.7 Å². The molecule has 0 saturated carbocycles. The molecule has 1 fully saturated rings. The Morgan fingerprint density at radius 2 is 1.29 bits per heavy atom. The normalized spacial score (nSPS) is 19.9. The Morgan fingerprint density at radius 1 is 0.708 bits per heavy atom. The van der Waals surface area contributed by atoms with Crippen molar-refractivity contribution in [2.24, 2.45) is 0 Å². The highest BCUT2D eigenvalue weighted by atomic mass is 79.9. The summed E-state index contributed by atoms with van der Waals surface area (Å²) < 4.78 is 1.04. The molecule has 0 radical (unpaired) electrons. The minimum absolute atomic E-state index is 0.0235. The molecule has 0 N–H and O–H groups in total. The van der Waals surface area contributed by atoms with Crippen LogP contribution in [0.4, 0.5) is 5.69 Å². The summed E-state index contributed by atoms with van der Waals surface area (Å²) in [6, 6.07) is 28.2. The third-order valence-electron chi connectivity index (χ3n) is 4.50. The van der Waals surface area contributed by atoms with Crippen molar-refractivity contribution in [2.45, 2.75) is 12.0 Å². The third-order valence-corrected chi connectivity index (χ3v) is 5.03. The topological polar surface area (TPSA) is 20.3 Å². The second kappa shape index (κ2) is 6.25. The van der Waals surface area contributed by atoms with Crippen LogP contribution in [0.3, 0.4) is 0 Å². The van der Waals surface area contributed by atoms with Gasteiger partial charge in [-0.2, -0.15) is 0 Å². The molecular formula is C21H16BrNO. The van der Waals surface area contributed by atoms with E-state index in [1.165, 1.54) is 0 Å². The number of anilines is 1. The monoisotopic (exact) mass is 377 g/mol. The highest BCUT2D eigenvalue weighted by Crippen LogP contribution is 2.48. The highest BCUT2D eigenvalue weighted by molar-refractivity contribution is 9.10. The number of nitrogens with zero attached hydrogens (tertiary/aromatic N) is 1. The molecule has 0 bridgehead atoms. The first kappa shape index (κ1) is 15.2. The average molecular weight is 378 g/mol. The molecule has 118 valence electrons. The van der Waals surface area contributed by atoms with Crippen molar-refractivity contribution in [1.82, 2.24) is 0 Å². The van der Waals surface area contributed by atoms with Crippen molar-refractivity contribution >= 4 is 27.5 Å². The van der Waals surface area contributed by atoms with Gasteiger partial charge in [0.1, 0.15) is 0 Å². The summed E-state index contributed by atoms with van der Waals surface area (Å²) >= 11 is 3.49. The standard InChI is InChI=1S/C21H16BrNO/c22-17-13-11-16(12-14-17)20-19(15-7-3-1-4-8-15)21(24)23(20)18-9-5-2-6-10-18/h1-14,19-20H. The summed E-state index contributed by atoms with van der Waals surface area (Å²) in [5.74, 6) is 0.0212. The number of halogens is 1. The van der Waals surface area contributed by atoms with Gasteiger partial charge in [0.25, 0.3) is 0 Å². The van der Waals surface area contributed by atoms with Gasteiger partial charge in [-0.05, 0) is 35.4 Å². The number of para-hydroxylation sites is 1. The third kappa shape index (κ3) is 2.55. The average Bonchev–Trinajstić information content (AvgIpc) is 2.62. The lowest BCUT2D eigenvalue weighted by molar-refractivity contribution is -0.126. The zero-order chi connectivity index (χ0) is 16.5. The van der Waals surface area contributed by atoms with Gasteiger partial charge >= 0.3 is 0 Å². The fourth-order valence-electron chi connectivity index (χ4n) is 3.35. The molecule has 1 aliphatic heterocycles. The summed E-state index contributed by atoms with van der Waals surface area (Å²) in [4.78, 5) is 14.8. The van der Waals surface area contributed by atoms with Crippen LogP contribution in [-0.2, 0) is 4.79 Å². The van der Waals surface area contributed by atoms with Crippen LogP contribution in [-0.4, -0.2) is 5.91 Å². The van der Waals surface area contributed by atoms with Gasteiger partial charge in [0, 0.05) is 10.2 Å². The second-order valence-electron chi connectivity index (χ2n) is 5.93. The zero-order valence-corrected chi connectivity index (χ0v) is 14.6. The van der Waals surface area contributed by atoms with Crippen LogP contribution in [0.2, 0.25) is 0 Å². The molecular weight excluding hydrogens is 362 g/mol. The number of carbonyl (C=O) groups excluding carboxylic acids is 1. The van der Waals surface area contributed by atoms with Gasteiger partial charge < -0.3 is 4.90 Å². The molecule has 2 nitrogen and oxygen atoms in total. The lowest BCUT2D eigenvalue weighted by atomic mass is 9.77. The summed E-state index contributed by atoms with van der Waals surface area (Å²) in [7, 11) is 0. The first-order chi connectivity index (χ1) is 11.8. The van der Waals surface area contributed by atoms with E-state index in [4.69, 9.17) is 0 Å². The van der Waals surface area contributed by atoms with E-state index in [0.717, 1.165) is 21.3 Å². The van der Waals surface area contributed by atoms with Crippen molar-refractivity contribution < 1.29 is 4.79 Å². The molecule has 24 heavy (non-hydrogen) atoms. The summed E-state index contributed by atoms with van der Waals surface area (Å²) in [5.41, 5.74) is 3.17. The van der Waals surface area contributed by atoms with Crippen molar-refractivity contribution in [1.29, 1.82) is 0 Å². The van der Waals surface area contributed by atoms with Gasteiger partial charge in [-0.1, -0.05) is 76.6 Å². The zero-order valence-electron chi connectivity index (χ0n) is 13.0. The SMILES string of the molecule is O=C1C(c2ccccc2)C(c2ccc(Br)cc2)N1c1ccccc1. The van der Waals surface area contributed by atoms with Gasteiger partial charge in [-0.3, -0.25) is 4.79 Å². The Labute approximate surface area is 149 Å². The van der Waals surface area contributed by atoms with Gasteiger partial charge in [0.15, 0.2) is 0 Å². The number of hydrogen-bond acceptors (Lipinski definition) is 1. The molecule has 0 aromatic heterocycles. The first-order valence-electron chi connectivity index (χ1n) is 7.94. The number of amides is 1. The predicted molar refractivity (Wildman–Crippen MR) is 100.0 cm³/mol. The Kier molecular flexibility index (Phi) is 3.95. The lowest BCUT2D eigenvalue weighted by Gasteiger charge is -2.47. The molecule has 3 heteroatoms. The quantitative estimate of drug-likeness (QED) is 0.565. The van der Waals surface area contributed by atoms with E-state index < -0.39 is 0 Å². The largest absolute Gasteiger partial charge is 0.303 e. The van der Waals surface area contributed by atoms with Crippen molar-refractivity contribution in [3.63, 3.8) is 0 Å². The predicted octanol–water partition coefficient (Wildman–Crippen LogP) is 5.32. The van der Waals surface area contributed by atoms with Crippen LogP contribution in [0, 0.1) is 0 Å². The van der Waals surface area contributed by atoms with Gasteiger partial charge in [0.05, 0.1) is 12.0 Å². The fourth-order valence-corrected chi connectivity index (χ4v) is 3.62. The van der Waals surface area contributed by atoms with E-state index in [0.29, 0.717) is 0 Å². The maximum absolute atomic E-state index is 12.9. The fraction of sp³-hybridized carbons (Fsp3) is 0.0952. The van der Waals surface area contributed by atoms with Crippen LogP contribution in [0.15, 0.2) is 89.4 Å². The molecule has 0 aliphatic carbocycles. The molecule has 3 aromatic carbocycles. The summed E-state index contributed by atoms with van der Waals surface area (Å²) in [6.07, 6.45) is 0. The van der Waals surface area contributed by atoms with Crippen LogP contribution >= 0.6 is 15.9 Å². The molecule has 1 saturated heterocycles. The van der Waals surface area contributed by atoms with E-state index in [9.17, 15) is 4.79 Å². The summed E-state index contributed by atoms with van der Waals surface area (Å²) in [5, 5.41) is 0. The van der Waals surface area contributed by atoms with Crippen LogP contribution < -0.4 is 4.90 Å². The Morgan fingerprint density at radius 3 is 1.92 bits per heavy atom. The van der Waals surface area contributed by atoms with Crippen LogP contribution in [0.5, 0.6) is 0 Å². The molecule has 3 aromatic rings. The van der Waals surface area contributed by atoms with Crippen LogP contribution in [0.25, 0.3) is 0 Å². The lowest BCUT2D eigenvalue weighted by Crippen LogP contribution is -2.53. The van der Waals surface area contributed by atoms with E-state index in [2.05, 4.69) is 28.1 Å².